The average Bonchev–Trinajstić information content (AvgIpc) is 2.03. The van der Waals surface area contributed by atoms with Crippen LogP contribution in [0.25, 0.3) is 0 Å². The lowest BCUT2D eigenvalue weighted by Crippen LogP contribution is -2.02. The number of nitriles is 1. The van der Waals surface area contributed by atoms with Crippen LogP contribution in [0.2, 0.25) is 0 Å². The lowest BCUT2D eigenvalue weighted by Gasteiger charge is -2.06. The monoisotopic (exact) mass is 175 g/mol. The maximum Gasteiger partial charge on any atom is 0.142 e. The van der Waals surface area contributed by atoms with Gasteiger partial charge in [0, 0.05) is 11.4 Å². The Labute approximate surface area is 78.5 Å². The SMILES string of the molecule is Cc1cc(C(C)C)nc(CC#N)n1. The zero-order chi connectivity index (χ0) is 9.84. The van der Waals surface area contributed by atoms with Crippen molar-refractivity contribution >= 4 is 0 Å². The molecular formula is C10H13N3. The van der Waals surface area contributed by atoms with E-state index in [2.05, 4.69) is 29.9 Å². The fraction of sp³-hybridized carbons (Fsp3) is 0.500. The zero-order valence-electron chi connectivity index (χ0n) is 8.20. The molecule has 0 unspecified atom stereocenters. The number of hydrogen-bond donors (Lipinski definition) is 0. The predicted octanol–water partition coefficient (Wildman–Crippen LogP) is 1.97. The van der Waals surface area contributed by atoms with Crippen LogP contribution in [0.4, 0.5) is 0 Å². The van der Waals surface area contributed by atoms with Crippen LogP contribution in [0.1, 0.15) is 37.0 Å². The molecule has 0 saturated carbocycles. The van der Waals surface area contributed by atoms with Gasteiger partial charge in [-0.15, -0.1) is 0 Å². The Morgan fingerprint density at radius 3 is 2.69 bits per heavy atom. The molecule has 0 amide bonds. The van der Waals surface area contributed by atoms with Gasteiger partial charge in [-0.05, 0) is 18.9 Å². The van der Waals surface area contributed by atoms with Gasteiger partial charge in [0.1, 0.15) is 5.82 Å². The van der Waals surface area contributed by atoms with Crippen LogP contribution < -0.4 is 0 Å². The summed E-state index contributed by atoms with van der Waals surface area (Å²) in [5, 5.41) is 8.51. The van der Waals surface area contributed by atoms with Crippen molar-refractivity contribution < 1.29 is 0 Å². The van der Waals surface area contributed by atoms with Crippen LogP contribution in [0.5, 0.6) is 0 Å². The summed E-state index contributed by atoms with van der Waals surface area (Å²) in [4.78, 5) is 8.46. The molecule has 0 N–H and O–H groups in total. The normalized spacial score (nSPS) is 10.1. The molecular weight excluding hydrogens is 162 g/mol. The summed E-state index contributed by atoms with van der Waals surface area (Å²) in [5.74, 6) is 1.02. The van der Waals surface area contributed by atoms with E-state index < -0.39 is 0 Å². The van der Waals surface area contributed by atoms with Crippen LogP contribution in [-0.2, 0) is 6.42 Å². The molecule has 0 aliphatic heterocycles. The Hall–Kier alpha value is -1.43. The molecule has 1 aromatic heterocycles. The second kappa shape index (κ2) is 3.99. The first-order chi connectivity index (χ1) is 6.13. The highest BCUT2D eigenvalue weighted by Crippen LogP contribution is 2.12. The van der Waals surface area contributed by atoms with Crippen molar-refractivity contribution in [1.82, 2.24) is 9.97 Å². The van der Waals surface area contributed by atoms with Gasteiger partial charge < -0.3 is 0 Å². The Kier molecular flexibility index (Phi) is 2.97. The molecule has 0 bridgehead atoms. The number of aromatic nitrogens is 2. The van der Waals surface area contributed by atoms with Crippen molar-refractivity contribution in [2.24, 2.45) is 0 Å². The smallest absolute Gasteiger partial charge is 0.142 e. The summed E-state index contributed by atoms with van der Waals surface area (Å²) in [6.07, 6.45) is 0.293. The predicted molar refractivity (Wildman–Crippen MR) is 50.2 cm³/mol. The molecule has 0 radical (unpaired) electrons. The summed E-state index contributed by atoms with van der Waals surface area (Å²) in [6.45, 7) is 6.09. The van der Waals surface area contributed by atoms with E-state index in [4.69, 9.17) is 5.26 Å². The minimum atomic E-state index is 0.293. The highest BCUT2D eigenvalue weighted by atomic mass is 14.9. The van der Waals surface area contributed by atoms with Crippen LogP contribution in [0, 0.1) is 18.3 Å². The number of aryl methyl sites for hydroxylation is 1. The van der Waals surface area contributed by atoms with E-state index in [9.17, 15) is 0 Å². The lowest BCUT2D eigenvalue weighted by molar-refractivity contribution is 0.787. The van der Waals surface area contributed by atoms with Gasteiger partial charge in [0.25, 0.3) is 0 Å². The first kappa shape index (κ1) is 9.66. The van der Waals surface area contributed by atoms with Gasteiger partial charge in [-0.25, -0.2) is 9.97 Å². The van der Waals surface area contributed by atoms with Gasteiger partial charge in [-0.1, -0.05) is 13.8 Å². The molecule has 0 fully saturated rings. The lowest BCUT2D eigenvalue weighted by atomic mass is 10.1. The Morgan fingerprint density at radius 1 is 1.46 bits per heavy atom. The van der Waals surface area contributed by atoms with Gasteiger partial charge in [0.15, 0.2) is 0 Å². The second-order valence-electron chi connectivity index (χ2n) is 3.34. The molecule has 0 aliphatic rings. The maximum absolute atomic E-state index is 8.51. The van der Waals surface area contributed by atoms with Crippen LogP contribution in [0.3, 0.4) is 0 Å². The van der Waals surface area contributed by atoms with Crippen LogP contribution in [-0.4, -0.2) is 9.97 Å². The molecule has 1 rings (SSSR count). The molecule has 1 heterocycles. The van der Waals surface area contributed by atoms with E-state index in [-0.39, 0.29) is 0 Å². The van der Waals surface area contributed by atoms with Gasteiger partial charge in [0.05, 0.1) is 12.5 Å². The molecule has 3 heteroatoms. The van der Waals surface area contributed by atoms with Crippen molar-refractivity contribution in [2.45, 2.75) is 33.1 Å². The third-order valence-corrected chi connectivity index (χ3v) is 1.75. The van der Waals surface area contributed by atoms with Crippen molar-refractivity contribution in [1.29, 1.82) is 5.26 Å². The average molecular weight is 175 g/mol. The Bertz CT molecular complexity index is 337. The highest BCUT2D eigenvalue weighted by molar-refractivity contribution is 5.14. The summed E-state index contributed by atoms with van der Waals surface area (Å²) in [7, 11) is 0. The van der Waals surface area contributed by atoms with Crippen molar-refractivity contribution in [2.75, 3.05) is 0 Å². The number of nitrogens with zero attached hydrogens (tertiary/aromatic N) is 3. The largest absolute Gasteiger partial charge is 0.237 e. The van der Waals surface area contributed by atoms with Gasteiger partial charge in [-0.3, -0.25) is 0 Å². The Balaban J connectivity index is 3.05. The molecule has 13 heavy (non-hydrogen) atoms. The first-order valence-electron chi connectivity index (χ1n) is 4.35. The van der Waals surface area contributed by atoms with E-state index in [0.717, 1.165) is 11.4 Å². The topological polar surface area (TPSA) is 49.6 Å². The molecule has 0 aliphatic carbocycles. The minimum Gasteiger partial charge on any atom is -0.237 e. The van der Waals surface area contributed by atoms with Gasteiger partial charge >= 0.3 is 0 Å². The van der Waals surface area contributed by atoms with Crippen LogP contribution >= 0.6 is 0 Å². The van der Waals surface area contributed by atoms with E-state index in [1.54, 1.807) is 0 Å². The van der Waals surface area contributed by atoms with E-state index >= 15 is 0 Å². The molecule has 0 saturated heterocycles. The highest BCUT2D eigenvalue weighted by Gasteiger charge is 2.04. The molecule has 68 valence electrons. The van der Waals surface area contributed by atoms with Gasteiger partial charge in [0.2, 0.25) is 0 Å². The second-order valence-corrected chi connectivity index (χ2v) is 3.34. The van der Waals surface area contributed by atoms with Gasteiger partial charge in [-0.2, -0.15) is 5.26 Å². The van der Waals surface area contributed by atoms with Crippen molar-refractivity contribution in [3.8, 4) is 6.07 Å². The fourth-order valence-corrected chi connectivity index (χ4v) is 1.10. The van der Waals surface area contributed by atoms with Crippen molar-refractivity contribution in [3.63, 3.8) is 0 Å². The Morgan fingerprint density at radius 2 is 2.15 bits per heavy atom. The van der Waals surface area contributed by atoms with E-state index in [1.165, 1.54) is 0 Å². The summed E-state index contributed by atoms with van der Waals surface area (Å²) < 4.78 is 0. The summed E-state index contributed by atoms with van der Waals surface area (Å²) in [6, 6.07) is 4.02. The number of rotatable bonds is 2. The summed E-state index contributed by atoms with van der Waals surface area (Å²) >= 11 is 0. The van der Waals surface area contributed by atoms with Crippen LogP contribution in [0.15, 0.2) is 6.07 Å². The summed E-state index contributed by atoms with van der Waals surface area (Å²) in [5.41, 5.74) is 1.95. The molecule has 0 spiro atoms. The third kappa shape index (κ3) is 2.51. The molecule has 0 aromatic carbocycles. The maximum atomic E-state index is 8.51. The zero-order valence-corrected chi connectivity index (χ0v) is 8.20. The number of hydrogen-bond acceptors (Lipinski definition) is 3. The minimum absolute atomic E-state index is 0.293. The fourth-order valence-electron chi connectivity index (χ4n) is 1.10. The first-order valence-corrected chi connectivity index (χ1v) is 4.35. The molecule has 0 atom stereocenters. The molecule has 1 aromatic rings. The quantitative estimate of drug-likeness (QED) is 0.690. The third-order valence-electron chi connectivity index (χ3n) is 1.75. The van der Waals surface area contributed by atoms with Crippen molar-refractivity contribution in [3.05, 3.63) is 23.3 Å². The van der Waals surface area contributed by atoms with E-state index in [1.807, 2.05) is 13.0 Å². The van der Waals surface area contributed by atoms with E-state index in [0.29, 0.717) is 18.2 Å². The molecule has 3 nitrogen and oxygen atoms in total. The standard InChI is InChI=1S/C10H13N3/c1-7(2)9-6-8(3)12-10(13-9)4-5-11/h6-7H,4H2,1-3H3.